The largest absolute Gasteiger partial charge is 0.417 e. The van der Waals surface area contributed by atoms with E-state index in [9.17, 15) is 26.3 Å². The fourth-order valence-corrected chi connectivity index (χ4v) is 3.37. The van der Waals surface area contributed by atoms with Crippen LogP contribution in [0.3, 0.4) is 0 Å². The lowest BCUT2D eigenvalue weighted by Crippen LogP contribution is -2.53. The van der Waals surface area contributed by atoms with Crippen LogP contribution in [0.5, 0.6) is 0 Å². The summed E-state index contributed by atoms with van der Waals surface area (Å²) < 4.78 is 78.1. The highest BCUT2D eigenvalue weighted by molar-refractivity contribution is 5.67. The molecule has 3 nitrogen and oxygen atoms in total. The highest BCUT2D eigenvalue weighted by Crippen LogP contribution is 2.35. The van der Waals surface area contributed by atoms with Gasteiger partial charge in [0.2, 0.25) is 0 Å². The minimum absolute atomic E-state index is 0.149. The fourth-order valence-electron chi connectivity index (χ4n) is 3.37. The third-order valence-electron chi connectivity index (χ3n) is 5.07. The number of rotatable bonds is 3. The Bertz CT molecular complexity index is 845. The van der Waals surface area contributed by atoms with Crippen molar-refractivity contribution in [2.75, 3.05) is 13.1 Å². The number of alkyl halides is 6. The molecule has 0 spiro atoms. The maximum atomic E-state index is 13.2. The molecule has 0 unspecified atom stereocenters. The smallest absolute Gasteiger partial charge is 0.311 e. The molecule has 0 radical (unpaired) electrons. The molecule has 1 aliphatic rings. The molecule has 0 bridgehead atoms. The molecular weight excluding hydrogens is 396 g/mol. The number of benzene rings is 1. The predicted molar refractivity (Wildman–Crippen MR) is 97.0 cm³/mol. The molecule has 0 saturated carbocycles. The molecule has 1 N–H and O–H groups in total. The Balaban J connectivity index is 2.00. The van der Waals surface area contributed by atoms with E-state index in [1.54, 1.807) is 0 Å². The molecule has 1 aromatic heterocycles. The first kappa shape index (κ1) is 21.6. The molecule has 1 aliphatic heterocycles. The van der Waals surface area contributed by atoms with E-state index < -0.39 is 23.5 Å². The normalized spacial score (nSPS) is 21.4. The van der Waals surface area contributed by atoms with Gasteiger partial charge in [0, 0.05) is 43.5 Å². The van der Waals surface area contributed by atoms with Crippen LogP contribution >= 0.6 is 0 Å². The van der Waals surface area contributed by atoms with Crippen LogP contribution in [0, 0.1) is 0 Å². The van der Waals surface area contributed by atoms with Crippen LogP contribution in [0.25, 0.3) is 11.1 Å². The molecule has 2 atom stereocenters. The van der Waals surface area contributed by atoms with Crippen LogP contribution in [-0.2, 0) is 18.9 Å². The first-order chi connectivity index (χ1) is 13.4. The van der Waals surface area contributed by atoms with Gasteiger partial charge in [-0.1, -0.05) is 12.1 Å². The molecule has 0 aliphatic carbocycles. The van der Waals surface area contributed by atoms with Crippen LogP contribution in [0.1, 0.15) is 30.7 Å². The number of hydrogen-bond acceptors (Lipinski definition) is 3. The van der Waals surface area contributed by atoms with Crippen molar-refractivity contribution >= 4 is 0 Å². The van der Waals surface area contributed by atoms with Gasteiger partial charge in [-0.25, -0.2) is 0 Å². The van der Waals surface area contributed by atoms with Crippen molar-refractivity contribution in [2.24, 2.45) is 0 Å². The van der Waals surface area contributed by atoms with E-state index in [0.29, 0.717) is 18.8 Å². The zero-order valence-electron chi connectivity index (χ0n) is 15.9. The summed E-state index contributed by atoms with van der Waals surface area (Å²) in [5, 5.41) is 3.33. The average molecular weight is 417 g/mol. The van der Waals surface area contributed by atoms with Crippen LogP contribution < -0.4 is 5.32 Å². The molecule has 0 amide bonds. The molecule has 2 aromatic rings. The summed E-state index contributed by atoms with van der Waals surface area (Å²) in [6.07, 6.45) is -8.33. The first-order valence-electron chi connectivity index (χ1n) is 9.16. The second kappa shape index (κ2) is 7.95. The van der Waals surface area contributed by atoms with Gasteiger partial charge in [-0.15, -0.1) is 0 Å². The standard InChI is InChI=1S/C20H21F6N3/c1-12-10-29(13(2)8-27-12)11-18-17(7-16(9-28-18)20(24,25)26)14-3-5-15(6-4-14)19(21,22)23/h3-7,9,12-13,27H,8,10-11H2,1-2H3/t12-,13+/m0/s1. The Kier molecular flexibility index (Phi) is 5.91. The zero-order chi connectivity index (χ0) is 21.4. The monoisotopic (exact) mass is 417 g/mol. The number of halogens is 6. The fraction of sp³-hybridized carbons (Fsp3) is 0.450. The van der Waals surface area contributed by atoms with Crippen LogP contribution in [0.4, 0.5) is 26.3 Å². The number of piperazine rings is 1. The Morgan fingerprint density at radius 1 is 1.00 bits per heavy atom. The van der Waals surface area contributed by atoms with Gasteiger partial charge in [-0.05, 0) is 37.6 Å². The number of pyridine rings is 1. The third-order valence-corrected chi connectivity index (χ3v) is 5.07. The second-order valence-electron chi connectivity index (χ2n) is 7.38. The minimum atomic E-state index is -4.59. The van der Waals surface area contributed by atoms with E-state index in [4.69, 9.17) is 0 Å². The number of nitrogens with one attached hydrogen (secondary N) is 1. The summed E-state index contributed by atoms with van der Waals surface area (Å²) in [5.41, 5.74) is -0.932. The molecule has 9 heteroatoms. The average Bonchev–Trinajstić information content (AvgIpc) is 2.63. The molecule has 3 rings (SSSR count). The SMILES string of the molecule is C[C@@H]1CN[C@@H](C)CN1Cc1ncc(C(F)(F)F)cc1-c1ccc(C(F)(F)F)cc1. The van der Waals surface area contributed by atoms with Crippen molar-refractivity contribution in [1.82, 2.24) is 15.2 Å². The van der Waals surface area contributed by atoms with Gasteiger partial charge in [0.05, 0.1) is 16.8 Å². The Morgan fingerprint density at radius 2 is 1.62 bits per heavy atom. The molecule has 158 valence electrons. The van der Waals surface area contributed by atoms with E-state index in [1.165, 1.54) is 12.1 Å². The predicted octanol–water partition coefficient (Wildman–Crippen LogP) is 4.97. The van der Waals surface area contributed by atoms with E-state index in [1.807, 2.05) is 13.8 Å². The van der Waals surface area contributed by atoms with Crippen molar-refractivity contribution in [1.29, 1.82) is 0 Å². The van der Waals surface area contributed by atoms with Crippen molar-refractivity contribution in [3.05, 3.63) is 53.3 Å². The van der Waals surface area contributed by atoms with Crippen LogP contribution in [0.15, 0.2) is 36.5 Å². The summed E-state index contributed by atoms with van der Waals surface area (Å²) in [7, 11) is 0. The maximum Gasteiger partial charge on any atom is 0.417 e. The molecular formula is C20H21F6N3. The number of hydrogen-bond donors (Lipinski definition) is 1. The number of nitrogens with zero attached hydrogens (tertiary/aromatic N) is 2. The third kappa shape index (κ3) is 5.08. The van der Waals surface area contributed by atoms with Crippen molar-refractivity contribution < 1.29 is 26.3 Å². The first-order valence-corrected chi connectivity index (χ1v) is 9.16. The number of aromatic nitrogens is 1. The Hall–Kier alpha value is -2.13. The summed E-state index contributed by atoms with van der Waals surface area (Å²) in [6, 6.07) is 5.44. The van der Waals surface area contributed by atoms with Gasteiger partial charge in [0.15, 0.2) is 0 Å². The van der Waals surface area contributed by atoms with E-state index in [0.717, 1.165) is 30.9 Å². The van der Waals surface area contributed by atoms with Crippen LogP contribution in [0.2, 0.25) is 0 Å². The van der Waals surface area contributed by atoms with E-state index in [2.05, 4.69) is 15.2 Å². The maximum absolute atomic E-state index is 13.2. The van der Waals surface area contributed by atoms with Crippen LogP contribution in [-0.4, -0.2) is 35.1 Å². The molecule has 1 aromatic carbocycles. The van der Waals surface area contributed by atoms with Crippen molar-refractivity contribution in [2.45, 2.75) is 44.8 Å². The summed E-state index contributed by atoms with van der Waals surface area (Å²) in [4.78, 5) is 6.14. The topological polar surface area (TPSA) is 28.2 Å². The van der Waals surface area contributed by atoms with Gasteiger partial charge in [-0.2, -0.15) is 26.3 Å². The summed E-state index contributed by atoms with van der Waals surface area (Å²) in [6.45, 7) is 5.74. The quantitative estimate of drug-likeness (QED) is 0.715. The molecule has 2 heterocycles. The van der Waals surface area contributed by atoms with Gasteiger partial charge in [0.25, 0.3) is 0 Å². The van der Waals surface area contributed by atoms with E-state index in [-0.39, 0.29) is 23.2 Å². The minimum Gasteiger partial charge on any atom is -0.311 e. The van der Waals surface area contributed by atoms with Gasteiger partial charge < -0.3 is 5.32 Å². The zero-order valence-corrected chi connectivity index (χ0v) is 15.9. The second-order valence-corrected chi connectivity index (χ2v) is 7.38. The van der Waals surface area contributed by atoms with E-state index >= 15 is 0 Å². The molecule has 29 heavy (non-hydrogen) atoms. The van der Waals surface area contributed by atoms with Gasteiger partial charge in [-0.3, -0.25) is 9.88 Å². The van der Waals surface area contributed by atoms with Crippen molar-refractivity contribution in [3.63, 3.8) is 0 Å². The summed E-state index contributed by atoms with van der Waals surface area (Å²) >= 11 is 0. The lowest BCUT2D eigenvalue weighted by molar-refractivity contribution is -0.138. The van der Waals surface area contributed by atoms with Gasteiger partial charge in [0.1, 0.15) is 0 Å². The lowest BCUT2D eigenvalue weighted by atomic mass is 9.99. The molecule has 1 fully saturated rings. The molecule has 1 saturated heterocycles. The highest BCUT2D eigenvalue weighted by atomic mass is 19.4. The Morgan fingerprint density at radius 3 is 2.21 bits per heavy atom. The van der Waals surface area contributed by atoms with Gasteiger partial charge >= 0.3 is 12.4 Å². The Labute approximate surface area is 164 Å². The summed E-state index contributed by atoms with van der Waals surface area (Å²) in [5.74, 6) is 0. The highest BCUT2D eigenvalue weighted by Gasteiger charge is 2.33. The van der Waals surface area contributed by atoms with Crippen molar-refractivity contribution in [3.8, 4) is 11.1 Å². The lowest BCUT2D eigenvalue weighted by Gasteiger charge is -2.37.